The maximum atomic E-state index is 12.2. The molecule has 1 aliphatic rings. The highest BCUT2D eigenvalue weighted by Gasteiger charge is 2.42. The van der Waals surface area contributed by atoms with Crippen molar-refractivity contribution in [1.29, 1.82) is 0 Å². The van der Waals surface area contributed by atoms with Gasteiger partial charge >= 0.3 is 0 Å². The summed E-state index contributed by atoms with van der Waals surface area (Å²) in [4.78, 5) is 12.5. The Kier molecular flexibility index (Phi) is 2.41. The highest BCUT2D eigenvalue weighted by Crippen LogP contribution is 2.59. The fourth-order valence-electron chi connectivity index (χ4n) is 2.03. The second kappa shape index (κ2) is 3.84. The molecule has 1 amide bonds. The average molecular weight is 261 g/mol. The van der Waals surface area contributed by atoms with Gasteiger partial charge in [-0.15, -0.1) is 0 Å². The quantitative estimate of drug-likeness (QED) is 0.827. The van der Waals surface area contributed by atoms with E-state index in [4.69, 9.17) is 0 Å². The number of benzene rings is 2. The van der Waals surface area contributed by atoms with E-state index < -0.39 is 10.8 Å². The molecule has 2 N–H and O–H groups in total. The molecule has 92 valence electrons. The van der Waals surface area contributed by atoms with Gasteiger partial charge in [-0.2, -0.15) is 4.31 Å². The summed E-state index contributed by atoms with van der Waals surface area (Å²) in [7, 11) is -3.26. The minimum atomic E-state index is -3.26. The fraction of sp³-hybridized carbons (Fsp3) is 0. The van der Waals surface area contributed by atoms with E-state index >= 15 is 0 Å². The molecule has 0 spiro atoms. The molecule has 3 rings (SSSR count). The fourth-order valence-corrected chi connectivity index (χ4v) is 3.69. The minimum Gasteiger partial charge on any atom is -0.277 e. The number of hydrogen-bond acceptors (Lipinski definition) is 3. The number of hydrogen-bond donors (Lipinski definition) is 2. The number of carbonyl (C=O) groups excluding carboxylic acids is 1. The van der Waals surface area contributed by atoms with Gasteiger partial charge in [0.05, 0.1) is 16.1 Å². The summed E-state index contributed by atoms with van der Waals surface area (Å²) in [6.45, 7) is 0. The van der Waals surface area contributed by atoms with Crippen LogP contribution in [0.4, 0.5) is 5.69 Å². The number of rotatable bonds is 1. The van der Waals surface area contributed by atoms with Crippen molar-refractivity contribution < 1.29 is 13.9 Å². The van der Waals surface area contributed by atoms with Gasteiger partial charge in [-0.25, -0.2) is 0 Å². The number of fused-ring (bicyclic) bond motifs is 1. The third-order valence-corrected chi connectivity index (χ3v) is 4.67. The van der Waals surface area contributed by atoms with E-state index in [2.05, 4.69) is 0 Å². The van der Waals surface area contributed by atoms with Crippen molar-refractivity contribution in [3.05, 3.63) is 60.2 Å². The van der Waals surface area contributed by atoms with E-state index in [-0.39, 0.29) is 5.91 Å². The van der Waals surface area contributed by atoms with Gasteiger partial charge in [0.25, 0.3) is 5.91 Å². The summed E-state index contributed by atoms with van der Waals surface area (Å²) in [5.74, 6) is -0.378. The van der Waals surface area contributed by atoms with Crippen molar-refractivity contribution in [2.75, 3.05) is 4.31 Å². The Balaban J connectivity index is 2.18. The molecule has 0 aromatic heterocycles. The highest BCUT2D eigenvalue weighted by molar-refractivity contribution is 8.26. The van der Waals surface area contributed by atoms with E-state index in [0.29, 0.717) is 16.1 Å². The molecule has 0 atom stereocenters. The molecule has 4 nitrogen and oxygen atoms in total. The lowest BCUT2D eigenvalue weighted by Crippen LogP contribution is -2.26. The third-order valence-electron chi connectivity index (χ3n) is 2.84. The van der Waals surface area contributed by atoms with Crippen LogP contribution in [-0.4, -0.2) is 15.0 Å². The lowest BCUT2D eigenvalue weighted by atomic mass is 10.2. The van der Waals surface area contributed by atoms with E-state index in [1.165, 1.54) is 0 Å². The van der Waals surface area contributed by atoms with E-state index in [1.807, 2.05) is 6.07 Å². The second-order valence-electron chi connectivity index (χ2n) is 3.95. The van der Waals surface area contributed by atoms with Gasteiger partial charge < -0.3 is 0 Å². The zero-order valence-corrected chi connectivity index (χ0v) is 10.2. The predicted octanol–water partition coefficient (Wildman–Crippen LogP) is 3.37. The molecule has 5 heteroatoms. The van der Waals surface area contributed by atoms with Crippen molar-refractivity contribution in [2.24, 2.45) is 0 Å². The Morgan fingerprint density at radius 2 is 1.50 bits per heavy atom. The summed E-state index contributed by atoms with van der Waals surface area (Å²) in [5, 5.41) is 0. The van der Waals surface area contributed by atoms with Crippen LogP contribution in [0.1, 0.15) is 10.4 Å². The zero-order chi connectivity index (χ0) is 12.8. The second-order valence-corrected chi connectivity index (χ2v) is 5.79. The summed E-state index contributed by atoms with van der Waals surface area (Å²) < 4.78 is 21.6. The predicted molar refractivity (Wildman–Crippen MR) is 70.8 cm³/mol. The van der Waals surface area contributed by atoms with Crippen LogP contribution in [0.2, 0.25) is 0 Å². The van der Waals surface area contributed by atoms with Crippen LogP contribution in [-0.2, 0) is 0 Å². The van der Waals surface area contributed by atoms with E-state index in [9.17, 15) is 13.9 Å². The topological polar surface area (TPSA) is 60.8 Å². The van der Waals surface area contributed by atoms with Gasteiger partial charge in [-0.3, -0.25) is 13.9 Å². The number of amides is 1. The standard InChI is InChI=1S/C13H11NO3S/c15-13-11-8-4-5-9-12(11)18(16,17)14(13)10-6-2-1-3-7-10/h1-9,16-17H. The van der Waals surface area contributed by atoms with Crippen molar-refractivity contribution in [3.8, 4) is 0 Å². The summed E-state index contributed by atoms with van der Waals surface area (Å²) in [6.07, 6.45) is 0. The molecule has 0 unspecified atom stereocenters. The van der Waals surface area contributed by atoms with Crippen LogP contribution in [0.25, 0.3) is 0 Å². The van der Waals surface area contributed by atoms with Crippen LogP contribution < -0.4 is 4.31 Å². The monoisotopic (exact) mass is 261 g/mol. The molecule has 1 aliphatic heterocycles. The van der Waals surface area contributed by atoms with Crippen LogP contribution in [0.5, 0.6) is 0 Å². The number of nitrogens with zero attached hydrogens (tertiary/aromatic N) is 1. The summed E-state index contributed by atoms with van der Waals surface area (Å²) in [5.41, 5.74) is 0.833. The van der Waals surface area contributed by atoms with Crippen LogP contribution in [0, 0.1) is 0 Å². The lowest BCUT2D eigenvalue weighted by Gasteiger charge is -2.36. The Morgan fingerprint density at radius 3 is 2.17 bits per heavy atom. The maximum absolute atomic E-state index is 12.2. The summed E-state index contributed by atoms with van der Waals surface area (Å²) >= 11 is 0. The van der Waals surface area contributed by atoms with E-state index in [1.54, 1.807) is 48.5 Å². The molecule has 0 saturated heterocycles. The zero-order valence-electron chi connectivity index (χ0n) is 9.35. The smallest absolute Gasteiger partial charge is 0.277 e. The first kappa shape index (κ1) is 11.3. The largest absolute Gasteiger partial charge is 0.278 e. The van der Waals surface area contributed by atoms with Crippen molar-refractivity contribution in [3.63, 3.8) is 0 Å². The van der Waals surface area contributed by atoms with Crippen LogP contribution >= 0.6 is 10.8 Å². The third kappa shape index (κ3) is 1.45. The molecule has 0 fully saturated rings. The van der Waals surface area contributed by atoms with Crippen LogP contribution in [0.3, 0.4) is 0 Å². The van der Waals surface area contributed by atoms with Gasteiger partial charge in [-0.1, -0.05) is 41.1 Å². The molecule has 0 aliphatic carbocycles. The van der Waals surface area contributed by atoms with Gasteiger partial charge in [0.1, 0.15) is 0 Å². The molecule has 18 heavy (non-hydrogen) atoms. The molecule has 1 heterocycles. The van der Waals surface area contributed by atoms with Crippen molar-refractivity contribution in [1.82, 2.24) is 0 Å². The van der Waals surface area contributed by atoms with Gasteiger partial charge in [0, 0.05) is 0 Å². The van der Waals surface area contributed by atoms with Crippen molar-refractivity contribution in [2.45, 2.75) is 4.90 Å². The molecular weight excluding hydrogens is 250 g/mol. The number of carbonyl (C=O) groups is 1. The first-order chi connectivity index (χ1) is 8.62. The van der Waals surface area contributed by atoms with Gasteiger partial charge in [0.2, 0.25) is 0 Å². The Labute approximate surface area is 106 Å². The Morgan fingerprint density at radius 1 is 0.889 bits per heavy atom. The van der Waals surface area contributed by atoms with E-state index in [0.717, 1.165) is 4.31 Å². The first-order valence-electron chi connectivity index (χ1n) is 5.39. The van der Waals surface area contributed by atoms with Crippen molar-refractivity contribution >= 4 is 22.4 Å². The van der Waals surface area contributed by atoms with Crippen LogP contribution in [0.15, 0.2) is 59.5 Å². The molecule has 0 bridgehead atoms. The highest BCUT2D eigenvalue weighted by atomic mass is 32.3. The molecular formula is C13H11NO3S. The molecule has 2 aromatic rings. The Hall–Kier alpha value is -1.82. The maximum Gasteiger partial charge on any atom is 0.278 e. The molecule has 0 saturated carbocycles. The molecule has 0 radical (unpaired) electrons. The normalized spacial score (nSPS) is 18.6. The lowest BCUT2D eigenvalue weighted by molar-refractivity contribution is 0.101. The van der Waals surface area contributed by atoms with Gasteiger partial charge in [-0.05, 0) is 24.3 Å². The molecule has 2 aromatic carbocycles. The number of para-hydroxylation sites is 1. The van der Waals surface area contributed by atoms with Gasteiger partial charge in [0.15, 0.2) is 0 Å². The summed E-state index contributed by atoms with van der Waals surface area (Å²) in [6, 6.07) is 15.2. The first-order valence-corrected chi connectivity index (χ1v) is 6.89. The average Bonchev–Trinajstić information content (AvgIpc) is 2.59. The Bertz CT molecular complexity index is 613. The number of anilines is 1. The minimum absolute atomic E-state index is 0.291. The SMILES string of the molecule is O=C1c2ccccc2S(O)(O)N1c1ccccc1.